The van der Waals surface area contributed by atoms with Crippen LogP contribution in [0.4, 0.5) is 0 Å². The van der Waals surface area contributed by atoms with Gasteiger partial charge in [-0.05, 0) is 24.6 Å². The van der Waals surface area contributed by atoms with Gasteiger partial charge in [-0.1, -0.05) is 23.7 Å². The van der Waals surface area contributed by atoms with Gasteiger partial charge in [0, 0.05) is 25.2 Å². The Morgan fingerprint density at radius 3 is 2.56 bits per heavy atom. The number of benzene rings is 1. The van der Waals surface area contributed by atoms with Crippen molar-refractivity contribution in [3.63, 3.8) is 0 Å². The molecule has 0 aliphatic heterocycles. The van der Waals surface area contributed by atoms with Gasteiger partial charge in [-0.2, -0.15) is 0 Å². The Morgan fingerprint density at radius 2 is 2.11 bits per heavy atom. The first-order valence-electron chi connectivity index (χ1n) is 5.59. The van der Waals surface area contributed by atoms with Gasteiger partial charge in [0.1, 0.15) is 0 Å². The van der Waals surface area contributed by atoms with Crippen molar-refractivity contribution in [2.24, 2.45) is 0 Å². The van der Waals surface area contributed by atoms with Gasteiger partial charge in [-0.15, -0.1) is 0 Å². The second-order valence-corrected chi connectivity index (χ2v) is 4.13. The Bertz CT molecular complexity index is 431. The molecular formula is C12H16ClN3O2. The van der Waals surface area contributed by atoms with Crippen LogP contribution in [0, 0.1) is 10.1 Å². The molecule has 0 saturated carbocycles. The van der Waals surface area contributed by atoms with Crippen LogP contribution < -0.4 is 5.32 Å². The summed E-state index contributed by atoms with van der Waals surface area (Å²) in [7, 11) is 1.67. The van der Waals surface area contributed by atoms with Crippen LogP contribution >= 0.6 is 11.6 Å². The number of nitrogens with zero attached hydrogens (tertiary/aromatic N) is 2. The van der Waals surface area contributed by atoms with Gasteiger partial charge in [0.05, 0.1) is 4.92 Å². The van der Waals surface area contributed by atoms with E-state index < -0.39 is 4.92 Å². The molecule has 0 aliphatic rings. The molecule has 98 valence electrons. The molecule has 0 radical (unpaired) electrons. The van der Waals surface area contributed by atoms with Crippen LogP contribution in [0.1, 0.15) is 12.5 Å². The highest BCUT2D eigenvalue weighted by atomic mass is 35.5. The SMILES string of the molecule is CCN(Cc1ccc(Cl)cc1)/C(=C/[N+](=O)[O-])NC. The smallest absolute Gasteiger partial charge is 0.274 e. The highest BCUT2D eigenvalue weighted by molar-refractivity contribution is 6.30. The fraction of sp³-hybridized carbons (Fsp3) is 0.333. The monoisotopic (exact) mass is 269 g/mol. The topological polar surface area (TPSA) is 58.4 Å². The summed E-state index contributed by atoms with van der Waals surface area (Å²) >= 11 is 5.81. The molecule has 6 heteroatoms. The number of hydrogen-bond donors (Lipinski definition) is 1. The maximum absolute atomic E-state index is 10.5. The minimum Gasteiger partial charge on any atom is -0.370 e. The first kappa shape index (κ1) is 14.3. The molecule has 1 rings (SSSR count). The van der Waals surface area contributed by atoms with Crippen molar-refractivity contribution in [2.75, 3.05) is 13.6 Å². The van der Waals surface area contributed by atoms with Crippen molar-refractivity contribution in [3.8, 4) is 0 Å². The summed E-state index contributed by atoms with van der Waals surface area (Å²) in [5.74, 6) is 0.484. The lowest BCUT2D eigenvalue weighted by atomic mass is 10.2. The van der Waals surface area contributed by atoms with Gasteiger partial charge in [0.15, 0.2) is 5.82 Å². The van der Waals surface area contributed by atoms with Gasteiger partial charge < -0.3 is 10.2 Å². The minimum absolute atomic E-state index is 0.462. The maximum Gasteiger partial charge on any atom is 0.274 e. The number of hydrogen-bond acceptors (Lipinski definition) is 4. The third-order valence-electron chi connectivity index (χ3n) is 2.49. The average Bonchev–Trinajstić information content (AvgIpc) is 2.35. The van der Waals surface area contributed by atoms with Crippen LogP contribution in [0.2, 0.25) is 5.02 Å². The lowest BCUT2D eigenvalue weighted by molar-refractivity contribution is -0.404. The summed E-state index contributed by atoms with van der Waals surface area (Å²) in [4.78, 5) is 12.0. The van der Waals surface area contributed by atoms with E-state index in [2.05, 4.69) is 5.32 Å². The highest BCUT2D eigenvalue weighted by Gasteiger charge is 2.10. The molecule has 0 spiro atoms. The zero-order valence-corrected chi connectivity index (χ0v) is 11.1. The summed E-state index contributed by atoms with van der Waals surface area (Å²) < 4.78 is 0. The highest BCUT2D eigenvalue weighted by Crippen LogP contribution is 2.13. The van der Waals surface area contributed by atoms with Gasteiger partial charge in [0.2, 0.25) is 0 Å². The molecule has 1 N–H and O–H groups in total. The largest absolute Gasteiger partial charge is 0.370 e. The van der Waals surface area contributed by atoms with E-state index in [-0.39, 0.29) is 0 Å². The van der Waals surface area contributed by atoms with Crippen LogP contribution in [0.15, 0.2) is 36.3 Å². The first-order valence-corrected chi connectivity index (χ1v) is 5.97. The molecule has 0 atom stereocenters. The molecule has 0 heterocycles. The standard InChI is InChI=1S/C12H16ClN3O2/c1-3-15(12(14-2)9-16(17)18)8-10-4-6-11(13)7-5-10/h4-7,9,14H,3,8H2,1-2H3/b12-9+. The number of rotatable bonds is 6. The summed E-state index contributed by atoms with van der Waals surface area (Å²) in [5, 5.41) is 14.0. The van der Waals surface area contributed by atoms with Crippen molar-refractivity contribution in [2.45, 2.75) is 13.5 Å². The quantitative estimate of drug-likeness (QED) is 0.637. The van der Waals surface area contributed by atoms with E-state index in [1.807, 2.05) is 24.0 Å². The summed E-state index contributed by atoms with van der Waals surface area (Å²) in [6.45, 7) is 3.21. The van der Waals surface area contributed by atoms with E-state index in [9.17, 15) is 10.1 Å². The zero-order valence-electron chi connectivity index (χ0n) is 10.4. The Hall–Kier alpha value is -1.75. The molecular weight excluding hydrogens is 254 g/mol. The number of nitrogens with one attached hydrogen (secondary N) is 1. The van der Waals surface area contributed by atoms with Crippen molar-refractivity contribution in [1.82, 2.24) is 10.2 Å². The minimum atomic E-state index is -0.462. The van der Waals surface area contributed by atoms with Crippen LogP contribution in [-0.2, 0) is 6.54 Å². The van der Waals surface area contributed by atoms with Gasteiger partial charge >= 0.3 is 0 Å². The van der Waals surface area contributed by atoms with E-state index in [0.29, 0.717) is 23.9 Å². The second kappa shape index (κ2) is 6.86. The van der Waals surface area contributed by atoms with Crippen LogP contribution in [0.3, 0.4) is 0 Å². The van der Waals surface area contributed by atoms with Crippen molar-refractivity contribution >= 4 is 11.6 Å². The molecule has 18 heavy (non-hydrogen) atoms. The Kier molecular flexibility index (Phi) is 5.45. The van der Waals surface area contributed by atoms with Crippen LogP contribution in [0.5, 0.6) is 0 Å². The Morgan fingerprint density at radius 1 is 1.50 bits per heavy atom. The van der Waals surface area contributed by atoms with E-state index in [4.69, 9.17) is 11.6 Å². The average molecular weight is 270 g/mol. The van der Waals surface area contributed by atoms with E-state index in [0.717, 1.165) is 11.8 Å². The lowest BCUT2D eigenvalue weighted by Gasteiger charge is -2.23. The van der Waals surface area contributed by atoms with Crippen molar-refractivity contribution in [3.05, 3.63) is 57.0 Å². The zero-order chi connectivity index (χ0) is 13.5. The second-order valence-electron chi connectivity index (χ2n) is 3.69. The van der Waals surface area contributed by atoms with Crippen molar-refractivity contribution in [1.29, 1.82) is 0 Å². The van der Waals surface area contributed by atoms with Crippen LogP contribution in [-0.4, -0.2) is 23.4 Å². The third kappa shape index (κ3) is 4.25. The summed E-state index contributed by atoms with van der Waals surface area (Å²) in [6, 6.07) is 7.43. The van der Waals surface area contributed by atoms with Gasteiger partial charge in [-0.25, -0.2) is 0 Å². The number of halogens is 1. The van der Waals surface area contributed by atoms with E-state index in [1.54, 1.807) is 19.2 Å². The molecule has 0 aromatic heterocycles. The molecule has 5 nitrogen and oxygen atoms in total. The van der Waals surface area contributed by atoms with Crippen LogP contribution in [0.25, 0.3) is 0 Å². The predicted octanol–water partition coefficient (Wildman–Crippen LogP) is 2.46. The van der Waals surface area contributed by atoms with Gasteiger partial charge in [0.25, 0.3) is 6.20 Å². The lowest BCUT2D eigenvalue weighted by Crippen LogP contribution is -2.30. The molecule has 0 amide bonds. The molecule has 1 aromatic rings. The molecule has 0 aliphatic carbocycles. The molecule has 1 aromatic carbocycles. The van der Waals surface area contributed by atoms with Crippen molar-refractivity contribution < 1.29 is 4.92 Å². The Labute approximate surface area is 111 Å². The predicted molar refractivity (Wildman–Crippen MR) is 71.7 cm³/mol. The third-order valence-corrected chi connectivity index (χ3v) is 2.74. The number of nitro groups is 1. The first-order chi connectivity index (χ1) is 8.56. The maximum atomic E-state index is 10.5. The molecule has 0 fully saturated rings. The van der Waals surface area contributed by atoms with E-state index in [1.165, 1.54) is 0 Å². The summed E-state index contributed by atoms with van der Waals surface area (Å²) in [6.07, 6.45) is 0.972. The molecule has 0 unspecified atom stereocenters. The van der Waals surface area contributed by atoms with Gasteiger partial charge in [-0.3, -0.25) is 10.1 Å². The fourth-order valence-electron chi connectivity index (χ4n) is 1.58. The normalized spacial score (nSPS) is 11.2. The Balaban J connectivity index is 2.83. The fourth-order valence-corrected chi connectivity index (χ4v) is 1.71. The van der Waals surface area contributed by atoms with E-state index >= 15 is 0 Å². The molecule has 0 bridgehead atoms. The molecule has 0 saturated heterocycles. The summed E-state index contributed by atoms with van der Waals surface area (Å²) in [5.41, 5.74) is 1.05.